The highest BCUT2D eigenvalue weighted by atomic mass is 35.5. The van der Waals surface area contributed by atoms with E-state index in [2.05, 4.69) is 0 Å². The second-order valence-corrected chi connectivity index (χ2v) is 3.46. The molecule has 0 unspecified atom stereocenters. The summed E-state index contributed by atoms with van der Waals surface area (Å²) in [6.45, 7) is 2.60. The first-order valence-corrected chi connectivity index (χ1v) is 5.01. The molecule has 0 fully saturated rings. The summed E-state index contributed by atoms with van der Waals surface area (Å²) in [5, 5.41) is 0. The molecule has 0 aromatic carbocycles. The lowest BCUT2D eigenvalue weighted by Crippen LogP contribution is -2.21. The summed E-state index contributed by atoms with van der Waals surface area (Å²) in [6, 6.07) is 3.73. The predicted molar refractivity (Wildman–Crippen MR) is 55.4 cm³/mol. The molecule has 0 atom stereocenters. The molecule has 0 bridgehead atoms. The van der Waals surface area contributed by atoms with Gasteiger partial charge < -0.3 is 4.57 Å². The van der Waals surface area contributed by atoms with E-state index in [9.17, 15) is 4.79 Å². The van der Waals surface area contributed by atoms with E-state index in [0.29, 0.717) is 5.88 Å². The summed E-state index contributed by atoms with van der Waals surface area (Å²) >= 11 is 5.55. The van der Waals surface area contributed by atoms with Crippen LogP contribution in [0.2, 0.25) is 0 Å². The van der Waals surface area contributed by atoms with Crippen LogP contribution in [0.25, 0.3) is 0 Å². The highest BCUT2D eigenvalue weighted by Crippen LogP contribution is 1.96. The van der Waals surface area contributed by atoms with E-state index in [1.54, 1.807) is 4.57 Å². The molecule has 0 aliphatic rings. The third kappa shape index (κ3) is 2.88. The van der Waals surface area contributed by atoms with Gasteiger partial charge >= 0.3 is 0 Å². The number of aromatic nitrogens is 1. The van der Waals surface area contributed by atoms with Crippen LogP contribution in [-0.2, 0) is 6.54 Å². The van der Waals surface area contributed by atoms with Gasteiger partial charge in [0, 0.05) is 24.2 Å². The zero-order valence-electron chi connectivity index (χ0n) is 7.79. The topological polar surface area (TPSA) is 22.0 Å². The van der Waals surface area contributed by atoms with Gasteiger partial charge in [-0.25, -0.2) is 0 Å². The average Bonchev–Trinajstić information content (AvgIpc) is 2.13. The van der Waals surface area contributed by atoms with Gasteiger partial charge in [0.2, 0.25) is 0 Å². The smallest absolute Gasteiger partial charge is 0.253 e. The van der Waals surface area contributed by atoms with E-state index in [4.69, 9.17) is 11.6 Å². The molecule has 0 saturated carbocycles. The molecule has 13 heavy (non-hydrogen) atoms. The number of rotatable bonds is 4. The Labute approximate surface area is 83.2 Å². The second kappa shape index (κ2) is 5.07. The highest BCUT2D eigenvalue weighted by Gasteiger charge is 1.97. The highest BCUT2D eigenvalue weighted by molar-refractivity contribution is 6.17. The first-order valence-electron chi connectivity index (χ1n) is 4.47. The number of halogens is 1. The van der Waals surface area contributed by atoms with Crippen molar-refractivity contribution in [1.82, 2.24) is 4.57 Å². The molecule has 0 spiro atoms. The van der Waals surface area contributed by atoms with Gasteiger partial charge in [0.05, 0.1) is 0 Å². The van der Waals surface area contributed by atoms with Crippen LogP contribution in [0.4, 0.5) is 0 Å². The molecule has 1 aromatic heterocycles. The minimum absolute atomic E-state index is 0.108. The van der Waals surface area contributed by atoms with E-state index in [1.165, 1.54) is 0 Å². The molecule has 72 valence electrons. The Bertz CT molecular complexity index is 319. The van der Waals surface area contributed by atoms with Crippen molar-refractivity contribution in [2.45, 2.75) is 26.3 Å². The van der Waals surface area contributed by atoms with Crippen molar-refractivity contribution in [2.24, 2.45) is 0 Å². The molecule has 3 heteroatoms. The van der Waals surface area contributed by atoms with Gasteiger partial charge in [0.1, 0.15) is 0 Å². The van der Waals surface area contributed by atoms with Crippen molar-refractivity contribution < 1.29 is 0 Å². The van der Waals surface area contributed by atoms with Gasteiger partial charge in [-0.2, -0.15) is 0 Å². The van der Waals surface area contributed by atoms with Gasteiger partial charge in [-0.3, -0.25) is 4.79 Å². The number of nitrogens with zero attached hydrogens (tertiary/aromatic N) is 1. The molecular formula is C10H14ClNO. The molecule has 0 amide bonds. The van der Waals surface area contributed by atoms with Crippen molar-refractivity contribution in [3.63, 3.8) is 0 Å². The van der Waals surface area contributed by atoms with Gasteiger partial charge in [-0.15, -0.1) is 11.6 Å². The van der Waals surface area contributed by atoms with Crippen LogP contribution in [-0.4, -0.2) is 10.4 Å². The van der Waals surface area contributed by atoms with E-state index in [-0.39, 0.29) is 5.56 Å². The minimum Gasteiger partial charge on any atom is -0.315 e. The quantitative estimate of drug-likeness (QED) is 0.538. The van der Waals surface area contributed by atoms with Crippen molar-refractivity contribution in [2.75, 3.05) is 5.88 Å². The van der Waals surface area contributed by atoms with E-state index < -0.39 is 0 Å². The lowest BCUT2D eigenvalue weighted by atomic mass is 10.3. The fraction of sp³-hybridized carbons (Fsp3) is 0.500. The summed E-state index contributed by atoms with van der Waals surface area (Å²) in [6.07, 6.45) is 3.75. The van der Waals surface area contributed by atoms with Crippen LogP contribution in [0.3, 0.4) is 0 Å². The van der Waals surface area contributed by atoms with E-state index >= 15 is 0 Å². The third-order valence-corrected chi connectivity index (χ3v) is 2.26. The largest absolute Gasteiger partial charge is 0.315 e. The zero-order chi connectivity index (χ0) is 9.68. The minimum atomic E-state index is 0.108. The van der Waals surface area contributed by atoms with Crippen LogP contribution < -0.4 is 5.56 Å². The first kappa shape index (κ1) is 10.3. The SMILES string of the molecule is Cc1cccn(CCCCCl)c1=O. The fourth-order valence-corrected chi connectivity index (χ4v) is 1.40. The maximum Gasteiger partial charge on any atom is 0.253 e. The number of hydrogen-bond donors (Lipinski definition) is 0. The average molecular weight is 200 g/mol. The second-order valence-electron chi connectivity index (χ2n) is 3.09. The molecule has 1 rings (SSSR count). The molecule has 0 aliphatic heterocycles. The maximum absolute atomic E-state index is 11.5. The molecule has 1 aromatic rings. The van der Waals surface area contributed by atoms with Crippen LogP contribution in [0.1, 0.15) is 18.4 Å². The Balaban J connectivity index is 2.67. The summed E-state index contributed by atoms with van der Waals surface area (Å²) < 4.78 is 1.74. The number of aryl methyl sites for hydroxylation is 2. The Hall–Kier alpha value is -0.760. The summed E-state index contributed by atoms with van der Waals surface area (Å²) in [5.41, 5.74) is 0.908. The Kier molecular flexibility index (Phi) is 4.03. The number of alkyl halides is 1. The molecular weight excluding hydrogens is 186 g/mol. The molecule has 0 saturated heterocycles. The van der Waals surface area contributed by atoms with E-state index in [0.717, 1.165) is 24.9 Å². The molecule has 0 radical (unpaired) electrons. The molecule has 0 N–H and O–H groups in total. The van der Waals surface area contributed by atoms with Crippen molar-refractivity contribution in [3.8, 4) is 0 Å². The molecule has 0 aliphatic carbocycles. The Morgan fingerprint density at radius 2 is 2.23 bits per heavy atom. The first-order chi connectivity index (χ1) is 6.25. The van der Waals surface area contributed by atoms with Crippen LogP contribution in [0.5, 0.6) is 0 Å². The van der Waals surface area contributed by atoms with Gasteiger partial charge in [-0.05, 0) is 25.8 Å². The number of pyridine rings is 1. The normalized spacial score (nSPS) is 10.3. The van der Waals surface area contributed by atoms with Crippen molar-refractivity contribution in [3.05, 3.63) is 34.2 Å². The lowest BCUT2D eigenvalue weighted by molar-refractivity contribution is 0.612. The third-order valence-electron chi connectivity index (χ3n) is 1.99. The molecule has 1 heterocycles. The maximum atomic E-state index is 11.5. The zero-order valence-corrected chi connectivity index (χ0v) is 8.55. The number of hydrogen-bond acceptors (Lipinski definition) is 1. The fourth-order valence-electron chi connectivity index (χ4n) is 1.21. The lowest BCUT2D eigenvalue weighted by Gasteiger charge is -2.04. The predicted octanol–water partition coefficient (Wildman–Crippen LogP) is 2.18. The van der Waals surface area contributed by atoms with E-state index in [1.807, 2.05) is 25.3 Å². The van der Waals surface area contributed by atoms with Crippen LogP contribution >= 0.6 is 11.6 Å². The standard InChI is InChI=1S/C10H14ClNO/c1-9-5-4-8-12(10(9)13)7-3-2-6-11/h4-5,8H,2-3,6-7H2,1H3. The van der Waals surface area contributed by atoms with Crippen LogP contribution in [0.15, 0.2) is 23.1 Å². The van der Waals surface area contributed by atoms with Crippen molar-refractivity contribution in [1.29, 1.82) is 0 Å². The van der Waals surface area contributed by atoms with Gasteiger partial charge in [0.15, 0.2) is 0 Å². The van der Waals surface area contributed by atoms with Crippen molar-refractivity contribution >= 4 is 11.6 Å². The van der Waals surface area contributed by atoms with Crippen LogP contribution in [0, 0.1) is 6.92 Å². The number of unbranched alkanes of at least 4 members (excludes halogenated alkanes) is 1. The summed E-state index contributed by atoms with van der Waals surface area (Å²) in [7, 11) is 0. The monoisotopic (exact) mass is 199 g/mol. The molecule has 2 nitrogen and oxygen atoms in total. The Morgan fingerprint density at radius 3 is 2.92 bits per heavy atom. The summed E-state index contributed by atoms with van der Waals surface area (Å²) in [4.78, 5) is 11.5. The Morgan fingerprint density at radius 1 is 1.46 bits per heavy atom. The van der Waals surface area contributed by atoms with Gasteiger partial charge in [-0.1, -0.05) is 6.07 Å². The van der Waals surface area contributed by atoms with Gasteiger partial charge in [0.25, 0.3) is 5.56 Å². The summed E-state index contributed by atoms with van der Waals surface area (Å²) in [5.74, 6) is 0.667.